The molecule has 0 saturated heterocycles. The maximum absolute atomic E-state index is 15.1. The Balaban J connectivity index is 1.77. The van der Waals surface area contributed by atoms with Gasteiger partial charge >= 0.3 is 5.97 Å². The lowest BCUT2D eigenvalue weighted by Gasteiger charge is -2.59. The van der Waals surface area contributed by atoms with Crippen LogP contribution >= 0.6 is 0 Å². The van der Waals surface area contributed by atoms with Crippen molar-refractivity contribution in [3.8, 4) is 0 Å². The summed E-state index contributed by atoms with van der Waals surface area (Å²) < 4.78 is 25.2. The second kappa shape index (κ2) is 15.1. The Morgan fingerprint density at radius 2 is 1.62 bits per heavy atom. The van der Waals surface area contributed by atoms with E-state index in [0.29, 0.717) is 25.7 Å². The molecule has 2 aliphatic carbocycles. The molecule has 0 heterocycles. The van der Waals surface area contributed by atoms with E-state index in [4.69, 9.17) is 18.6 Å². The normalized spacial score (nSPS) is 31.1. The molecule has 2 bridgehead atoms. The van der Waals surface area contributed by atoms with Crippen LogP contribution in [0.15, 0.2) is 73.3 Å². The van der Waals surface area contributed by atoms with E-state index in [-0.39, 0.29) is 42.7 Å². The first kappa shape index (κ1) is 38.2. The van der Waals surface area contributed by atoms with Crippen LogP contribution in [0.1, 0.15) is 80.6 Å². The SMILES string of the molecule is C=C[C@]1(C)C[C@@H](OC(=O)CO[Si](c2ccccc2)(c2ccccc2)C(C)(C)C)[C@@]2(C)C(=O)[C@](CCCO)(CCC2C)[C@@H](C)[C@@H]1OCOC. The maximum atomic E-state index is 15.1. The van der Waals surface area contributed by atoms with Gasteiger partial charge in [-0.3, -0.25) is 4.79 Å². The standard InChI is InChI=1S/C40H58O7Si/c1-10-38(7)26-33(39(8)29(2)22-24-40(36(39)43,23-17-25-41)30(3)35(38)45-28-44-9)47-34(42)27-46-48(37(4,5)6,31-18-13-11-14-19-31)32-20-15-12-16-21-32/h10-16,18-21,29-30,33,35,41H,1,17,22-28H2,2-9H3/t29?,30-,33+,35-,38+,39-,40+/m0/s1. The minimum atomic E-state index is -3.01. The van der Waals surface area contributed by atoms with Gasteiger partial charge in [-0.05, 0) is 66.3 Å². The zero-order chi connectivity index (χ0) is 35.4. The molecule has 0 aliphatic heterocycles. The van der Waals surface area contributed by atoms with Gasteiger partial charge in [0.2, 0.25) is 0 Å². The monoisotopic (exact) mass is 678 g/mol. The molecular weight excluding hydrogens is 621 g/mol. The lowest BCUT2D eigenvalue weighted by Crippen LogP contribution is -2.67. The topological polar surface area (TPSA) is 91.3 Å². The number of benzene rings is 2. The highest BCUT2D eigenvalue weighted by molar-refractivity contribution is 6.99. The number of rotatable bonds is 13. The third-order valence-corrected chi connectivity index (χ3v) is 17.0. The van der Waals surface area contributed by atoms with Crippen LogP contribution in [-0.4, -0.2) is 64.5 Å². The number of carbonyl (C=O) groups excluding carboxylic acids is 2. The molecule has 7 atom stereocenters. The molecule has 0 radical (unpaired) electrons. The smallest absolute Gasteiger partial charge is 0.331 e. The first-order chi connectivity index (χ1) is 22.7. The third kappa shape index (κ3) is 6.76. The van der Waals surface area contributed by atoms with Gasteiger partial charge in [0.15, 0.2) is 0 Å². The predicted octanol–water partition coefficient (Wildman–Crippen LogP) is 6.46. The van der Waals surface area contributed by atoms with Crippen LogP contribution in [0, 0.1) is 28.1 Å². The summed E-state index contributed by atoms with van der Waals surface area (Å²) >= 11 is 0. The number of ketones is 1. The van der Waals surface area contributed by atoms with Crippen LogP contribution in [0.3, 0.4) is 0 Å². The van der Waals surface area contributed by atoms with E-state index in [0.717, 1.165) is 16.8 Å². The summed E-state index contributed by atoms with van der Waals surface area (Å²) in [4.78, 5) is 29.3. The maximum Gasteiger partial charge on any atom is 0.331 e. The molecule has 2 aromatic rings. The molecule has 0 spiro atoms. The van der Waals surface area contributed by atoms with Crippen molar-refractivity contribution in [3.05, 3.63) is 73.3 Å². The molecule has 2 aliphatic rings. The van der Waals surface area contributed by atoms with E-state index in [1.165, 1.54) is 0 Å². The van der Waals surface area contributed by atoms with Gasteiger partial charge in [0.25, 0.3) is 8.32 Å². The second-order valence-corrected chi connectivity index (χ2v) is 20.0. The zero-order valence-electron chi connectivity index (χ0n) is 30.4. The van der Waals surface area contributed by atoms with E-state index < -0.39 is 42.7 Å². The highest BCUT2D eigenvalue weighted by Crippen LogP contribution is 2.60. The van der Waals surface area contributed by atoms with Gasteiger partial charge in [-0.1, -0.05) is 108 Å². The van der Waals surface area contributed by atoms with Gasteiger partial charge in [0.1, 0.15) is 25.3 Å². The average Bonchev–Trinajstić information content (AvgIpc) is 3.07. The molecule has 7 nitrogen and oxygen atoms in total. The van der Waals surface area contributed by atoms with Gasteiger partial charge in [-0.2, -0.15) is 0 Å². The first-order valence-corrected chi connectivity index (χ1v) is 19.4. The number of aliphatic hydroxyl groups excluding tert-OH is 1. The summed E-state index contributed by atoms with van der Waals surface area (Å²) in [7, 11) is -1.42. The van der Waals surface area contributed by atoms with Crippen molar-refractivity contribution in [3.63, 3.8) is 0 Å². The summed E-state index contributed by atoms with van der Waals surface area (Å²) in [5, 5.41) is 11.8. The highest BCUT2D eigenvalue weighted by atomic mass is 28.4. The molecule has 2 fully saturated rings. The van der Waals surface area contributed by atoms with Gasteiger partial charge < -0.3 is 23.7 Å². The molecule has 48 heavy (non-hydrogen) atoms. The van der Waals surface area contributed by atoms with Gasteiger partial charge in [-0.15, -0.1) is 6.58 Å². The Morgan fingerprint density at radius 1 is 1.04 bits per heavy atom. The highest BCUT2D eigenvalue weighted by Gasteiger charge is 2.65. The summed E-state index contributed by atoms with van der Waals surface area (Å²) in [6.45, 7) is 18.8. The molecule has 8 heteroatoms. The van der Waals surface area contributed by atoms with Crippen LogP contribution in [-0.2, 0) is 28.2 Å². The van der Waals surface area contributed by atoms with Crippen LogP contribution in [0.4, 0.5) is 0 Å². The summed E-state index contributed by atoms with van der Waals surface area (Å²) in [6, 6.07) is 20.4. The summed E-state index contributed by atoms with van der Waals surface area (Å²) in [5.74, 6) is -0.607. The van der Waals surface area contributed by atoms with Crippen molar-refractivity contribution in [2.45, 2.75) is 97.8 Å². The zero-order valence-corrected chi connectivity index (χ0v) is 31.4. The number of esters is 1. The number of hydrogen-bond acceptors (Lipinski definition) is 7. The number of ether oxygens (including phenoxy) is 3. The van der Waals surface area contributed by atoms with E-state index >= 15 is 4.79 Å². The van der Waals surface area contributed by atoms with E-state index in [2.05, 4.69) is 72.4 Å². The number of carbonyl (C=O) groups is 2. The van der Waals surface area contributed by atoms with E-state index in [1.54, 1.807) is 7.11 Å². The third-order valence-electron chi connectivity index (χ3n) is 12.0. The molecular formula is C40H58O7Si. The second-order valence-electron chi connectivity index (χ2n) is 15.7. The fraction of sp³-hybridized carbons (Fsp3) is 0.600. The van der Waals surface area contributed by atoms with Crippen molar-refractivity contribution in [2.75, 3.05) is 27.1 Å². The molecule has 2 saturated carbocycles. The Hall–Kier alpha value is -2.62. The number of hydrogen-bond donors (Lipinski definition) is 1. The minimum Gasteiger partial charge on any atom is -0.460 e. The lowest BCUT2D eigenvalue weighted by atomic mass is 9.46. The van der Waals surface area contributed by atoms with Crippen molar-refractivity contribution >= 4 is 30.4 Å². The van der Waals surface area contributed by atoms with Crippen LogP contribution in [0.5, 0.6) is 0 Å². The van der Waals surface area contributed by atoms with E-state index in [9.17, 15) is 9.90 Å². The molecule has 1 N–H and O–H groups in total. The summed E-state index contributed by atoms with van der Waals surface area (Å²) in [6.07, 6.45) is 3.60. The minimum absolute atomic E-state index is 0.00562. The molecule has 264 valence electrons. The molecule has 0 aromatic heterocycles. The first-order valence-electron chi connectivity index (χ1n) is 17.5. The predicted molar refractivity (Wildman–Crippen MR) is 193 cm³/mol. The lowest BCUT2D eigenvalue weighted by molar-refractivity contribution is -0.206. The quantitative estimate of drug-likeness (QED) is 0.113. The van der Waals surface area contributed by atoms with Crippen LogP contribution in [0.25, 0.3) is 0 Å². The molecule has 1 unspecified atom stereocenters. The van der Waals surface area contributed by atoms with E-state index in [1.807, 2.05) is 49.4 Å². The van der Waals surface area contributed by atoms with Gasteiger partial charge in [0, 0.05) is 24.5 Å². The van der Waals surface area contributed by atoms with Gasteiger partial charge in [0.05, 0.1) is 11.5 Å². The fourth-order valence-corrected chi connectivity index (χ4v) is 13.4. The van der Waals surface area contributed by atoms with Gasteiger partial charge in [-0.25, -0.2) is 4.79 Å². The summed E-state index contributed by atoms with van der Waals surface area (Å²) in [5.41, 5.74) is -2.36. The van der Waals surface area contributed by atoms with Crippen molar-refractivity contribution in [1.29, 1.82) is 0 Å². The van der Waals surface area contributed by atoms with Crippen molar-refractivity contribution < 1.29 is 33.3 Å². The van der Waals surface area contributed by atoms with Crippen molar-refractivity contribution in [2.24, 2.45) is 28.1 Å². The Labute approximate surface area is 289 Å². The fourth-order valence-electron chi connectivity index (χ4n) is 8.96. The Morgan fingerprint density at radius 3 is 2.12 bits per heavy atom. The Bertz CT molecular complexity index is 1350. The molecule has 0 amide bonds. The number of Topliss-reactive ketones (excluding diaryl/α,β-unsaturated/α-hetero) is 1. The average molecular weight is 679 g/mol. The van der Waals surface area contributed by atoms with Crippen LogP contribution < -0.4 is 10.4 Å². The molecule has 4 rings (SSSR count). The van der Waals surface area contributed by atoms with Crippen molar-refractivity contribution in [1.82, 2.24) is 0 Å². The van der Waals surface area contributed by atoms with Crippen LogP contribution in [0.2, 0.25) is 5.04 Å². The largest absolute Gasteiger partial charge is 0.460 e. The molecule has 2 aromatic carbocycles. The number of methoxy groups -OCH3 is 1. The Kier molecular flexibility index (Phi) is 12.0. The number of aliphatic hydroxyl groups is 1. The number of fused-ring (bicyclic) bond motifs is 2.